The van der Waals surface area contributed by atoms with Crippen LogP contribution in [0.25, 0.3) is 10.2 Å². The molecule has 0 amide bonds. The molecule has 4 heteroatoms. The van der Waals surface area contributed by atoms with Gasteiger partial charge in [-0.05, 0) is 31.0 Å². The van der Waals surface area contributed by atoms with E-state index in [0.717, 1.165) is 28.2 Å². The van der Waals surface area contributed by atoms with Gasteiger partial charge in [0.1, 0.15) is 5.82 Å². The zero-order valence-corrected chi connectivity index (χ0v) is 11.9. The van der Waals surface area contributed by atoms with Gasteiger partial charge in [-0.3, -0.25) is 0 Å². The highest BCUT2D eigenvalue weighted by Crippen LogP contribution is 2.28. The van der Waals surface area contributed by atoms with E-state index in [1.807, 2.05) is 0 Å². The summed E-state index contributed by atoms with van der Waals surface area (Å²) in [6.45, 7) is 6.60. The molecule has 18 heavy (non-hydrogen) atoms. The Bertz CT molecular complexity index is 519. The van der Waals surface area contributed by atoms with Crippen LogP contribution in [0.4, 0.5) is 9.52 Å². The number of anilines is 1. The maximum atomic E-state index is 13.1. The van der Waals surface area contributed by atoms with E-state index in [9.17, 15) is 4.39 Å². The minimum absolute atomic E-state index is 0.203. The van der Waals surface area contributed by atoms with Gasteiger partial charge in [-0.2, -0.15) is 0 Å². The van der Waals surface area contributed by atoms with Gasteiger partial charge in [-0.1, -0.05) is 38.0 Å². The average molecular weight is 266 g/mol. The first kappa shape index (κ1) is 13.3. The quantitative estimate of drug-likeness (QED) is 0.850. The smallest absolute Gasteiger partial charge is 0.184 e. The molecule has 1 aromatic heterocycles. The van der Waals surface area contributed by atoms with Crippen LogP contribution < -0.4 is 5.32 Å². The van der Waals surface area contributed by atoms with Crippen molar-refractivity contribution in [1.29, 1.82) is 0 Å². The van der Waals surface area contributed by atoms with Crippen molar-refractivity contribution >= 4 is 26.7 Å². The fourth-order valence-electron chi connectivity index (χ4n) is 2.27. The van der Waals surface area contributed by atoms with Crippen molar-refractivity contribution in [3.8, 4) is 0 Å². The van der Waals surface area contributed by atoms with Crippen molar-refractivity contribution in [2.45, 2.75) is 39.7 Å². The molecule has 1 unspecified atom stereocenters. The second-order valence-electron chi connectivity index (χ2n) is 4.64. The maximum Gasteiger partial charge on any atom is 0.184 e. The Morgan fingerprint density at radius 1 is 1.33 bits per heavy atom. The van der Waals surface area contributed by atoms with Crippen molar-refractivity contribution in [1.82, 2.24) is 4.98 Å². The van der Waals surface area contributed by atoms with E-state index in [1.165, 1.54) is 17.4 Å². The molecule has 0 saturated carbocycles. The lowest BCUT2D eigenvalue weighted by atomic mass is 9.96. The van der Waals surface area contributed by atoms with E-state index in [4.69, 9.17) is 0 Å². The van der Waals surface area contributed by atoms with Crippen LogP contribution in [0, 0.1) is 11.7 Å². The number of hydrogen-bond donors (Lipinski definition) is 1. The summed E-state index contributed by atoms with van der Waals surface area (Å²) >= 11 is 1.52. The number of aromatic nitrogens is 1. The van der Waals surface area contributed by atoms with Gasteiger partial charge >= 0.3 is 0 Å². The highest BCUT2D eigenvalue weighted by atomic mass is 32.1. The third-order valence-electron chi connectivity index (χ3n) is 3.46. The van der Waals surface area contributed by atoms with Crippen LogP contribution in [0.1, 0.15) is 33.6 Å². The molecule has 0 aliphatic carbocycles. The number of nitrogens with zero attached hydrogens (tertiary/aromatic N) is 1. The van der Waals surface area contributed by atoms with E-state index in [1.54, 1.807) is 12.1 Å². The van der Waals surface area contributed by atoms with Crippen molar-refractivity contribution in [2.75, 3.05) is 5.32 Å². The largest absolute Gasteiger partial charge is 0.359 e. The van der Waals surface area contributed by atoms with Crippen molar-refractivity contribution in [2.24, 2.45) is 5.92 Å². The molecule has 0 fully saturated rings. The predicted octanol–water partition coefficient (Wildman–Crippen LogP) is 4.67. The summed E-state index contributed by atoms with van der Waals surface area (Å²) in [5.41, 5.74) is 0.862. The van der Waals surface area contributed by atoms with Gasteiger partial charge in [0.2, 0.25) is 0 Å². The number of nitrogens with one attached hydrogen (secondary N) is 1. The first-order valence-corrected chi connectivity index (χ1v) is 7.28. The summed E-state index contributed by atoms with van der Waals surface area (Å²) in [5.74, 6) is 0.444. The zero-order valence-electron chi connectivity index (χ0n) is 11.0. The molecule has 0 spiro atoms. The molecule has 1 heterocycles. The van der Waals surface area contributed by atoms with Crippen LogP contribution in [0.3, 0.4) is 0 Å². The third kappa shape index (κ3) is 2.80. The summed E-state index contributed by atoms with van der Waals surface area (Å²) in [5, 5.41) is 4.32. The Morgan fingerprint density at radius 2 is 2.06 bits per heavy atom. The number of hydrogen-bond acceptors (Lipinski definition) is 3. The highest BCUT2D eigenvalue weighted by Gasteiger charge is 2.15. The Labute approximate surface area is 111 Å². The van der Waals surface area contributed by atoms with Gasteiger partial charge in [0.15, 0.2) is 5.13 Å². The SMILES string of the molecule is CCC(CC)C(C)Nc1nc2ccc(F)cc2s1. The number of benzene rings is 1. The number of halogens is 1. The molecule has 1 N–H and O–H groups in total. The molecular weight excluding hydrogens is 247 g/mol. The zero-order chi connectivity index (χ0) is 13.1. The second kappa shape index (κ2) is 5.65. The minimum Gasteiger partial charge on any atom is -0.359 e. The van der Waals surface area contributed by atoms with Crippen LogP contribution in [0.5, 0.6) is 0 Å². The molecule has 2 aromatic rings. The van der Waals surface area contributed by atoms with Crippen LogP contribution in [0.15, 0.2) is 18.2 Å². The third-order valence-corrected chi connectivity index (χ3v) is 4.41. The lowest BCUT2D eigenvalue weighted by Gasteiger charge is -2.21. The number of rotatable bonds is 5. The molecule has 2 nitrogen and oxygen atoms in total. The number of thiazole rings is 1. The van der Waals surface area contributed by atoms with Crippen LogP contribution in [0.2, 0.25) is 0 Å². The molecule has 0 radical (unpaired) electrons. The molecule has 98 valence electrons. The average Bonchev–Trinajstić information content (AvgIpc) is 2.71. The van der Waals surface area contributed by atoms with E-state index >= 15 is 0 Å². The first-order valence-electron chi connectivity index (χ1n) is 6.46. The standard InChI is InChI=1S/C14H19FN2S/c1-4-10(5-2)9(3)16-14-17-12-7-6-11(15)8-13(12)18-14/h6-10H,4-5H2,1-3H3,(H,16,17). The maximum absolute atomic E-state index is 13.1. The van der Waals surface area contributed by atoms with E-state index in [-0.39, 0.29) is 5.82 Å². The molecule has 1 atom stereocenters. The van der Waals surface area contributed by atoms with Crippen LogP contribution in [-0.4, -0.2) is 11.0 Å². The summed E-state index contributed by atoms with van der Waals surface area (Å²) < 4.78 is 14.0. The monoisotopic (exact) mass is 266 g/mol. The van der Waals surface area contributed by atoms with Gasteiger partial charge in [-0.25, -0.2) is 9.37 Å². The number of fused-ring (bicyclic) bond motifs is 1. The first-order chi connectivity index (χ1) is 8.63. The summed E-state index contributed by atoms with van der Waals surface area (Å²) in [7, 11) is 0. The molecule has 0 aliphatic heterocycles. The van der Waals surface area contributed by atoms with E-state index < -0.39 is 0 Å². The molecule has 0 aliphatic rings. The van der Waals surface area contributed by atoms with Gasteiger partial charge in [0.25, 0.3) is 0 Å². The van der Waals surface area contributed by atoms with Gasteiger partial charge < -0.3 is 5.32 Å². The molecule has 2 rings (SSSR count). The molecule has 0 bridgehead atoms. The van der Waals surface area contributed by atoms with E-state index in [2.05, 4.69) is 31.1 Å². The normalized spacial score (nSPS) is 13.2. The Balaban J connectivity index is 2.16. The summed E-state index contributed by atoms with van der Waals surface area (Å²) in [6.07, 6.45) is 2.31. The highest BCUT2D eigenvalue weighted by molar-refractivity contribution is 7.22. The predicted molar refractivity (Wildman–Crippen MR) is 76.7 cm³/mol. The van der Waals surface area contributed by atoms with Gasteiger partial charge in [0.05, 0.1) is 10.2 Å². The second-order valence-corrected chi connectivity index (χ2v) is 5.67. The molecule has 0 saturated heterocycles. The van der Waals surface area contributed by atoms with Gasteiger partial charge in [-0.15, -0.1) is 0 Å². The van der Waals surface area contributed by atoms with Crippen molar-refractivity contribution < 1.29 is 4.39 Å². The Kier molecular flexibility index (Phi) is 4.17. The topological polar surface area (TPSA) is 24.9 Å². The lowest BCUT2D eigenvalue weighted by Crippen LogP contribution is -2.24. The van der Waals surface area contributed by atoms with Crippen molar-refractivity contribution in [3.05, 3.63) is 24.0 Å². The molecule has 1 aromatic carbocycles. The Hall–Kier alpha value is -1.16. The van der Waals surface area contributed by atoms with E-state index in [0.29, 0.717) is 12.0 Å². The fraction of sp³-hybridized carbons (Fsp3) is 0.500. The van der Waals surface area contributed by atoms with Crippen molar-refractivity contribution in [3.63, 3.8) is 0 Å². The van der Waals surface area contributed by atoms with Crippen LogP contribution >= 0.6 is 11.3 Å². The molecular formula is C14H19FN2S. The summed E-state index contributed by atoms with van der Waals surface area (Å²) in [6, 6.07) is 5.12. The summed E-state index contributed by atoms with van der Waals surface area (Å²) in [4.78, 5) is 4.49. The van der Waals surface area contributed by atoms with Gasteiger partial charge in [0, 0.05) is 6.04 Å². The minimum atomic E-state index is -0.203. The lowest BCUT2D eigenvalue weighted by molar-refractivity contribution is 0.438. The fourth-order valence-corrected chi connectivity index (χ4v) is 3.26. The Morgan fingerprint density at radius 3 is 2.72 bits per heavy atom. The van der Waals surface area contributed by atoms with Crippen LogP contribution in [-0.2, 0) is 0 Å².